The lowest BCUT2D eigenvalue weighted by Gasteiger charge is -2.35. The summed E-state index contributed by atoms with van der Waals surface area (Å²) < 4.78 is 19.6. The minimum atomic E-state index is -0.268. The van der Waals surface area contributed by atoms with Crippen LogP contribution in [0.2, 0.25) is 0 Å². The molecular formula is C22H22FNO2. The van der Waals surface area contributed by atoms with Gasteiger partial charge in [-0.1, -0.05) is 24.3 Å². The van der Waals surface area contributed by atoms with E-state index in [1.807, 2.05) is 43.0 Å². The molecule has 2 aromatic carbocycles. The average Bonchev–Trinajstić information content (AvgIpc) is 2.97. The van der Waals surface area contributed by atoms with Gasteiger partial charge in [0.2, 0.25) is 0 Å². The van der Waals surface area contributed by atoms with Gasteiger partial charge < -0.3 is 9.32 Å². The summed E-state index contributed by atoms with van der Waals surface area (Å²) in [6.45, 7) is 4.59. The van der Waals surface area contributed by atoms with Crippen LogP contribution in [0.4, 0.5) is 4.39 Å². The Balaban J connectivity index is 1.73. The zero-order valence-electron chi connectivity index (χ0n) is 15.1. The smallest absolute Gasteiger partial charge is 0.290 e. The Labute approximate surface area is 152 Å². The van der Waals surface area contributed by atoms with E-state index in [9.17, 15) is 9.18 Å². The first-order valence-corrected chi connectivity index (χ1v) is 9.11. The number of halogens is 1. The maximum absolute atomic E-state index is 13.7. The van der Waals surface area contributed by atoms with Crippen LogP contribution < -0.4 is 0 Å². The van der Waals surface area contributed by atoms with E-state index in [-0.39, 0.29) is 17.8 Å². The van der Waals surface area contributed by atoms with E-state index >= 15 is 0 Å². The van der Waals surface area contributed by atoms with Gasteiger partial charge in [-0.15, -0.1) is 0 Å². The first-order valence-electron chi connectivity index (χ1n) is 9.11. The van der Waals surface area contributed by atoms with Crippen LogP contribution in [0.5, 0.6) is 0 Å². The molecule has 1 aliphatic heterocycles. The lowest BCUT2D eigenvalue weighted by molar-refractivity contribution is 0.0580. The molecule has 4 rings (SSSR count). The van der Waals surface area contributed by atoms with Crippen molar-refractivity contribution in [2.75, 3.05) is 6.54 Å². The summed E-state index contributed by atoms with van der Waals surface area (Å²) in [5.41, 5.74) is 3.56. The van der Waals surface area contributed by atoms with E-state index in [1.54, 1.807) is 6.07 Å². The third-order valence-electron chi connectivity index (χ3n) is 5.29. The number of benzene rings is 2. The van der Waals surface area contributed by atoms with Crippen LogP contribution in [0.15, 0.2) is 46.9 Å². The predicted molar refractivity (Wildman–Crippen MR) is 99.7 cm³/mol. The average molecular weight is 351 g/mol. The third kappa shape index (κ3) is 2.90. The van der Waals surface area contributed by atoms with Gasteiger partial charge in [-0.2, -0.15) is 0 Å². The molecule has 1 atom stereocenters. The first-order chi connectivity index (χ1) is 12.5. The van der Waals surface area contributed by atoms with Crippen molar-refractivity contribution >= 4 is 16.9 Å². The van der Waals surface area contributed by atoms with Gasteiger partial charge in [0.25, 0.3) is 5.91 Å². The topological polar surface area (TPSA) is 33.5 Å². The van der Waals surface area contributed by atoms with E-state index in [4.69, 9.17) is 4.42 Å². The molecule has 0 spiro atoms. The lowest BCUT2D eigenvalue weighted by atomic mass is 9.94. The van der Waals surface area contributed by atoms with Gasteiger partial charge in [-0.3, -0.25) is 4.79 Å². The summed E-state index contributed by atoms with van der Waals surface area (Å²) in [4.78, 5) is 15.1. The molecule has 4 heteroatoms. The van der Waals surface area contributed by atoms with Crippen LogP contribution in [0.1, 0.15) is 52.5 Å². The molecule has 134 valence electrons. The monoisotopic (exact) mass is 351 g/mol. The number of fused-ring (bicyclic) bond motifs is 1. The molecule has 2 heterocycles. The zero-order chi connectivity index (χ0) is 18.3. The summed E-state index contributed by atoms with van der Waals surface area (Å²) in [7, 11) is 0. The van der Waals surface area contributed by atoms with Crippen molar-refractivity contribution in [2.45, 2.75) is 39.2 Å². The molecule has 0 saturated carbocycles. The summed E-state index contributed by atoms with van der Waals surface area (Å²) in [6, 6.07) is 12.4. The molecular weight excluding hydrogens is 329 g/mol. The van der Waals surface area contributed by atoms with Crippen LogP contribution in [0.25, 0.3) is 11.0 Å². The first kappa shape index (κ1) is 16.8. The Bertz CT molecular complexity index is 975. The van der Waals surface area contributed by atoms with Crippen molar-refractivity contribution in [1.82, 2.24) is 4.90 Å². The molecule has 26 heavy (non-hydrogen) atoms. The van der Waals surface area contributed by atoms with Crippen LogP contribution in [0.3, 0.4) is 0 Å². The number of carbonyl (C=O) groups excluding carboxylic acids is 1. The molecule has 1 fully saturated rings. The van der Waals surface area contributed by atoms with E-state index in [2.05, 4.69) is 0 Å². The maximum Gasteiger partial charge on any atom is 0.290 e. The van der Waals surface area contributed by atoms with E-state index < -0.39 is 0 Å². The predicted octanol–water partition coefficient (Wildman–Crippen LogP) is 5.56. The van der Waals surface area contributed by atoms with Crippen LogP contribution in [-0.2, 0) is 0 Å². The summed E-state index contributed by atoms with van der Waals surface area (Å²) in [5.74, 6) is 0.0232. The molecule has 0 radical (unpaired) electrons. The van der Waals surface area contributed by atoms with Crippen molar-refractivity contribution in [1.29, 1.82) is 0 Å². The second kappa shape index (κ2) is 6.60. The number of aryl methyl sites for hydroxylation is 2. The Morgan fingerprint density at radius 3 is 2.81 bits per heavy atom. The molecule has 1 aromatic heterocycles. The molecule has 3 nitrogen and oxygen atoms in total. The van der Waals surface area contributed by atoms with Crippen molar-refractivity contribution in [3.05, 3.63) is 70.7 Å². The maximum atomic E-state index is 13.7. The third-order valence-corrected chi connectivity index (χ3v) is 5.29. The van der Waals surface area contributed by atoms with Gasteiger partial charge in [0.05, 0.1) is 6.04 Å². The number of nitrogens with zero attached hydrogens (tertiary/aromatic N) is 1. The minimum absolute atomic E-state index is 0.106. The van der Waals surface area contributed by atoms with Crippen LogP contribution in [0, 0.1) is 19.7 Å². The number of hydrogen-bond acceptors (Lipinski definition) is 2. The highest BCUT2D eigenvalue weighted by Crippen LogP contribution is 2.34. The fraction of sp³-hybridized carbons (Fsp3) is 0.318. The molecule has 1 saturated heterocycles. The highest BCUT2D eigenvalue weighted by atomic mass is 19.1. The minimum Gasteiger partial charge on any atom is -0.451 e. The molecule has 0 unspecified atom stereocenters. The number of amides is 1. The lowest BCUT2D eigenvalue weighted by Crippen LogP contribution is -2.38. The Morgan fingerprint density at radius 2 is 2.00 bits per heavy atom. The SMILES string of the molecule is Cc1ccc2c(C)c(C(=O)N3CCCC[C@@H]3c3cccc(F)c3)oc2c1. The Kier molecular flexibility index (Phi) is 4.27. The quantitative estimate of drug-likeness (QED) is 0.606. The van der Waals surface area contributed by atoms with Gasteiger partial charge in [0.15, 0.2) is 5.76 Å². The van der Waals surface area contributed by atoms with Gasteiger partial charge in [-0.05, 0) is 62.4 Å². The molecule has 0 aliphatic carbocycles. The van der Waals surface area contributed by atoms with Crippen molar-refractivity contribution in [3.63, 3.8) is 0 Å². The number of furan rings is 1. The summed E-state index contributed by atoms with van der Waals surface area (Å²) >= 11 is 0. The summed E-state index contributed by atoms with van der Waals surface area (Å²) in [5, 5.41) is 0.971. The largest absolute Gasteiger partial charge is 0.451 e. The van der Waals surface area contributed by atoms with Crippen molar-refractivity contribution < 1.29 is 13.6 Å². The van der Waals surface area contributed by atoms with Gasteiger partial charge >= 0.3 is 0 Å². The normalized spacial score (nSPS) is 17.7. The molecule has 1 amide bonds. The van der Waals surface area contributed by atoms with Crippen LogP contribution >= 0.6 is 0 Å². The zero-order valence-corrected chi connectivity index (χ0v) is 15.1. The van der Waals surface area contributed by atoms with Gasteiger partial charge in [0.1, 0.15) is 11.4 Å². The highest BCUT2D eigenvalue weighted by Gasteiger charge is 2.32. The van der Waals surface area contributed by atoms with E-state index in [0.717, 1.165) is 46.9 Å². The molecule has 1 aliphatic rings. The fourth-order valence-corrected chi connectivity index (χ4v) is 3.90. The Hall–Kier alpha value is -2.62. The van der Waals surface area contributed by atoms with Crippen molar-refractivity contribution in [2.24, 2.45) is 0 Å². The number of likely N-dealkylation sites (tertiary alicyclic amines) is 1. The van der Waals surface area contributed by atoms with E-state index in [1.165, 1.54) is 12.1 Å². The van der Waals surface area contributed by atoms with Gasteiger partial charge in [0, 0.05) is 17.5 Å². The second-order valence-electron chi connectivity index (χ2n) is 7.12. The molecule has 0 bridgehead atoms. The van der Waals surface area contributed by atoms with Gasteiger partial charge in [-0.25, -0.2) is 4.39 Å². The number of rotatable bonds is 2. The molecule has 3 aromatic rings. The number of piperidine rings is 1. The van der Waals surface area contributed by atoms with E-state index in [0.29, 0.717) is 12.3 Å². The number of carbonyl (C=O) groups is 1. The summed E-state index contributed by atoms with van der Waals surface area (Å²) in [6.07, 6.45) is 2.83. The standard InChI is InChI=1S/C22H22FNO2/c1-14-9-10-18-15(2)21(26-20(18)12-14)22(25)24-11-4-3-8-19(24)16-6-5-7-17(23)13-16/h5-7,9-10,12-13,19H,3-4,8,11H2,1-2H3/t19-/m1/s1. The van der Waals surface area contributed by atoms with Crippen molar-refractivity contribution in [3.8, 4) is 0 Å². The highest BCUT2D eigenvalue weighted by molar-refractivity contribution is 5.99. The second-order valence-corrected chi connectivity index (χ2v) is 7.12. The number of hydrogen-bond donors (Lipinski definition) is 0. The fourth-order valence-electron chi connectivity index (χ4n) is 3.90. The molecule has 0 N–H and O–H groups in total. The van der Waals surface area contributed by atoms with Crippen LogP contribution in [-0.4, -0.2) is 17.4 Å². The Morgan fingerprint density at radius 1 is 1.15 bits per heavy atom.